The van der Waals surface area contributed by atoms with E-state index < -0.39 is 11.8 Å². The minimum atomic E-state index is -0.414. The van der Waals surface area contributed by atoms with E-state index in [2.05, 4.69) is 20.7 Å². The Kier molecular flexibility index (Phi) is 6.54. The first kappa shape index (κ1) is 19.5. The number of Topliss-reactive ketones (excluding diaryl/α,β-unsaturated/α-hetero) is 1. The third kappa shape index (κ3) is 5.12. The Balaban J connectivity index is 1.48. The molecule has 1 aliphatic heterocycles. The van der Waals surface area contributed by atoms with Crippen molar-refractivity contribution in [1.82, 2.24) is 15.8 Å². The molecule has 3 heterocycles. The molecule has 144 valence electrons. The van der Waals surface area contributed by atoms with E-state index in [0.717, 1.165) is 18.2 Å². The molecule has 1 saturated heterocycles. The van der Waals surface area contributed by atoms with Crippen molar-refractivity contribution >= 4 is 45.4 Å². The quantitative estimate of drug-likeness (QED) is 0.558. The number of morpholine rings is 1. The number of amides is 2. The van der Waals surface area contributed by atoms with E-state index in [1.54, 1.807) is 19.1 Å². The van der Waals surface area contributed by atoms with Gasteiger partial charge in [0.15, 0.2) is 10.9 Å². The van der Waals surface area contributed by atoms with Crippen LogP contribution in [0.15, 0.2) is 17.5 Å². The fourth-order valence-corrected chi connectivity index (χ4v) is 4.22. The summed E-state index contributed by atoms with van der Waals surface area (Å²) in [7, 11) is 0. The first-order valence-electron chi connectivity index (χ1n) is 8.50. The van der Waals surface area contributed by atoms with Crippen molar-refractivity contribution in [3.63, 3.8) is 0 Å². The summed E-state index contributed by atoms with van der Waals surface area (Å²) in [4.78, 5) is 43.7. The number of thiazole rings is 1. The summed E-state index contributed by atoms with van der Waals surface area (Å²) in [5.41, 5.74) is 5.36. The number of hydrogen-bond acceptors (Lipinski definition) is 8. The lowest BCUT2D eigenvalue weighted by Gasteiger charge is -2.25. The molecule has 0 saturated carbocycles. The topological polar surface area (TPSA) is 101 Å². The Morgan fingerprint density at radius 3 is 2.70 bits per heavy atom. The molecule has 2 aromatic heterocycles. The number of aromatic nitrogens is 1. The van der Waals surface area contributed by atoms with E-state index in [9.17, 15) is 14.4 Å². The second kappa shape index (κ2) is 9.07. The molecule has 1 fully saturated rings. The van der Waals surface area contributed by atoms with Crippen LogP contribution < -0.4 is 15.8 Å². The van der Waals surface area contributed by atoms with Gasteiger partial charge in [-0.1, -0.05) is 17.4 Å². The van der Waals surface area contributed by atoms with Gasteiger partial charge in [0.05, 0.1) is 23.8 Å². The first-order valence-corrected chi connectivity index (χ1v) is 10.2. The van der Waals surface area contributed by atoms with Gasteiger partial charge in [-0.3, -0.25) is 25.2 Å². The van der Waals surface area contributed by atoms with E-state index in [4.69, 9.17) is 4.74 Å². The SMILES string of the molecule is Cc1nc(N2CCOCC2)sc1C(=O)NNC(=O)CCC(=O)c1cccs1. The Morgan fingerprint density at radius 2 is 2.00 bits per heavy atom. The van der Waals surface area contributed by atoms with Crippen molar-refractivity contribution in [1.29, 1.82) is 0 Å². The zero-order valence-electron chi connectivity index (χ0n) is 14.8. The highest BCUT2D eigenvalue weighted by Gasteiger charge is 2.21. The second-order valence-electron chi connectivity index (χ2n) is 5.91. The summed E-state index contributed by atoms with van der Waals surface area (Å²) in [5, 5.41) is 2.59. The monoisotopic (exact) mass is 408 g/mol. The summed E-state index contributed by atoms with van der Waals surface area (Å²) in [5.74, 6) is -0.911. The normalized spacial score (nSPS) is 14.0. The van der Waals surface area contributed by atoms with Crippen LogP contribution in [0.4, 0.5) is 5.13 Å². The number of nitrogens with one attached hydrogen (secondary N) is 2. The molecule has 0 radical (unpaired) electrons. The number of hydrazine groups is 1. The number of ketones is 1. The van der Waals surface area contributed by atoms with Crippen LogP contribution in [0.25, 0.3) is 0 Å². The third-order valence-electron chi connectivity index (χ3n) is 3.96. The van der Waals surface area contributed by atoms with Gasteiger partial charge < -0.3 is 9.64 Å². The summed E-state index contributed by atoms with van der Waals surface area (Å²) in [6.07, 6.45) is 0.112. The molecule has 2 N–H and O–H groups in total. The van der Waals surface area contributed by atoms with Gasteiger partial charge in [0.25, 0.3) is 5.91 Å². The Morgan fingerprint density at radius 1 is 1.22 bits per heavy atom. The number of aryl methyl sites for hydroxylation is 1. The second-order valence-corrected chi connectivity index (χ2v) is 7.84. The largest absolute Gasteiger partial charge is 0.378 e. The van der Waals surface area contributed by atoms with Gasteiger partial charge in [-0.2, -0.15) is 0 Å². The molecule has 3 rings (SSSR count). The van der Waals surface area contributed by atoms with Gasteiger partial charge in [-0.05, 0) is 18.4 Å². The first-order chi connectivity index (χ1) is 13.0. The molecular weight excluding hydrogens is 388 g/mol. The lowest BCUT2D eigenvalue weighted by molar-refractivity contribution is -0.121. The molecule has 0 aromatic carbocycles. The summed E-state index contributed by atoms with van der Waals surface area (Å²) in [6.45, 7) is 4.52. The predicted octanol–water partition coefficient (Wildman–Crippen LogP) is 1.77. The van der Waals surface area contributed by atoms with E-state index >= 15 is 0 Å². The molecule has 0 unspecified atom stereocenters. The van der Waals surface area contributed by atoms with E-state index in [-0.39, 0.29) is 18.6 Å². The van der Waals surface area contributed by atoms with Crippen LogP contribution in [-0.4, -0.2) is 48.9 Å². The van der Waals surface area contributed by atoms with Crippen LogP contribution in [0.3, 0.4) is 0 Å². The Hall–Kier alpha value is -2.30. The maximum absolute atomic E-state index is 12.3. The highest BCUT2D eigenvalue weighted by molar-refractivity contribution is 7.17. The van der Waals surface area contributed by atoms with Crippen LogP contribution in [-0.2, 0) is 9.53 Å². The van der Waals surface area contributed by atoms with Gasteiger partial charge in [-0.25, -0.2) is 4.98 Å². The van der Waals surface area contributed by atoms with Crippen molar-refractivity contribution in [2.24, 2.45) is 0 Å². The average Bonchev–Trinajstić information content (AvgIpc) is 3.35. The number of rotatable bonds is 6. The standard InChI is InChI=1S/C17H20N4O4S2/c1-11-15(27-17(18-11)21-6-8-25-9-7-21)16(24)20-19-14(23)5-4-12(22)13-3-2-10-26-13/h2-3,10H,4-9H2,1H3,(H,19,23)(H,20,24). The van der Waals surface area contributed by atoms with E-state index in [1.807, 2.05) is 5.38 Å². The number of carbonyl (C=O) groups is 3. The molecule has 0 atom stereocenters. The molecule has 0 bridgehead atoms. The fraction of sp³-hybridized carbons (Fsp3) is 0.412. The molecule has 8 nitrogen and oxygen atoms in total. The maximum atomic E-state index is 12.3. The van der Waals surface area contributed by atoms with Crippen molar-refractivity contribution in [3.8, 4) is 0 Å². The highest BCUT2D eigenvalue weighted by atomic mass is 32.1. The van der Waals surface area contributed by atoms with Crippen LogP contribution >= 0.6 is 22.7 Å². The highest BCUT2D eigenvalue weighted by Crippen LogP contribution is 2.26. The van der Waals surface area contributed by atoms with Gasteiger partial charge in [0.2, 0.25) is 5.91 Å². The van der Waals surface area contributed by atoms with Crippen molar-refractivity contribution in [2.75, 3.05) is 31.2 Å². The minimum absolute atomic E-state index is 0.0116. The van der Waals surface area contributed by atoms with Crippen LogP contribution in [0.1, 0.15) is 37.9 Å². The number of nitrogens with zero attached hydrogens (tertiary/aromatic N) is 2. The van der Waals surface area contributed by atoms with E-state index in [0.29, 0.717) is 28.7 Å². The predicted molar refractivity (Wildman–Crippen MR) is 103 cm³/mol. The van der Waals surface area contributed by atoms with Crippen LogP contribution in [0, 0.1) is 6.92 Å². The molecule has 1 aliphatic rings. The number of carbonyl (C=O) groups excluding carboxylic acids is 3. The molecule has 2 aromatic rings. The summed E-state index contributed by atoms with van der Waals surface area (Å²) in [6, 6.07) is 3.52. The smallest absolute Gasteiger partial charge is 0.281 e. The van der Waals surface area contributed by atoms with Gasteiger partial charge in [-0.15, -0.1) is 11.3 Å². The van der Waals surface area contributed by atoms with Gasteiger partial charge >= 0.3 is 0 Å². The molecule has 10 heteroatoms. The van der Waals surface area contributed by atoms with Crippen molar-refractivity contribution in [3.05, 3.63) is 33.0 Å². The molecule has 27 heavy (non-hydrogen) atoms. The average molecular weight is 409 g/mol. The third-order valence-corrected chi connectivity index (χ3v) is 6.09. The maximum Gasteiger partial charge on any atom is 0.281 e. The number of anilines is 1. The van der Waals surface area contributed by atoms with Gasteiger partial charge in [0, 0.05) is 25.9 Å². The lowest BCUT2D eigenvalue weighted by Crippen LogP contribution is -2.41. The Labute approximate surface area is 164 Å². The number of thiophene rings is 1. The summed E-state index contributed by atoms with van der Waals surface area (Å²) < 4.78 is 5.32. The van der Waals surface area contributed by atoms with E-state index in [1.165, 1.54) is 22.7 Å². The van der Waals surface area contributed by atoms with Gasteiger partial charge in [0.1, 0.15) is 4.88 Å². The number of ether oxygens (including phenoxy) is 1. The van der Waals surface area contributed by atoms with Crippen LogP contribution in [0.5, 0.6) is 0 Å². The molecular formula is C17H20N4O4S2. The molecule has 0 spiro atoms. The summed E-state index contributed by atoms with van der Waals surface area (Å²) >= 11 is 2.63. The zero-order valence-corrected chi connectivity index (χ0v) is 16.5. The zero-order chi connectivity index (χ0) is 19.2. The van der Waals surface area contributed by atoms with Crippen molar-refractivity contribution < 1.29 is 19.1 Å². The minimum Gasteiger partial charge on any atom is -0.378 e. The van der Waals surface area contributed by atoms with Crippen LogP contribution in [0.2, 0.25) is 0 Å². The Bertz CT molecular complexity index is 813. The number of hydrogen-bond donors (Lipinski definition) is 2. The van der Waals surface area contributed by atoms with Crippen molar-refractivity contribution in [2.45, 2.75) is 19.8 Å². The molecule has 0 aliphatic carbocycles. The fourth-order valence-electron chi connectivity index (χ4n) is 2.52. The molecule has 2 amide bonds. The lowest BCUT2D eigenvalue weighted by atomic mass is 10.2.